The van der Waals surface area contributed by atoms with Crippen LogP contribution in [0.25, 0.3) is 0 Å². The maximum absolute atomic E-state index is 12.1. The molecule has 0 aliphatic carbocycles. The molecule has 2 heterocycles. The fraction of sp³-hybridized carbons (Fsp3) is 0.200. The van der Waals surface area contributed by atoms with Crippen LogP contribution < -0.4 is 5.32 Å². The van der Waals surface area contributed by atoms with Gasteiger partial charge >= 0.3 is 0 Å². The summed E-state index contributed by atoms with van der Waals surface area (Å²) in [6.07, 6.45) is 1.57. The number of hydrogen-bond acceptors (Lipinski definition) is 4. The third-order valence-corrected chi connectivity index (χ3v) is 3.85. The topological polar surface area (TPSA) is 62.2 Å². The van der Waals surface area contributed by atoms with Crippen molar-refractivity contribution in [2.45, 2.75) is 13.8 Å². The summed E-state index contributed by atoms with van der Waals surface area (Å²) >= 11 is 1.46. The van der Waals surface area contributed by atoms with Gasteiger partial charge in [-0.15, -0.1) is 11.3 Å². The minimum Gasteiger partial charge on any atom is -0.384 e. The van der Waals surface area contributed by atoms with Gasteiger partial charge in [0, 0.05) is 16.6 Å². The van der Waals surface area contributed by atoms with E-state index in [2.05, 4.69) is 22.1 Å². The minimum absolute atomic E-state index is 0.175. The summed E-state index contributed by atoms with van der Waals surface area (Å²) in [4.78, 5) is 18.0. The van der Waals surface area contributed by atoms with E-state index in [1.165, 1.54) is 11.3 Å². The molecule has 0 aromatic carbocycles. The summed E-state index contributed by atoms with van der Waals surface area (Å²) < 4.78 is 0. The van der Waals surface area contributed by atoms with Gasteiger partial charge in [0.25, 0.3) is 5.91 Å². The van der Waals surface area contributed by atoms with E-state index in [9.17, 15) is 4.79 Å². The molecule has 0 saturated heterocycles. The molecule has 2 aromatic rings. The fourth-order valence-corrected chi connectivity index (χ4v) is 2.51. The van der Waals surface area contributed by atoms with Crippen molar-refractivity contribution in [3.05, 3.63) is 45.3 Å². The number of rotatable bonds is 2. The summed E-state index contributed by atoms with van der Waals surface area (Å²) in [5, 5.41) is 11.4. The molecular formula is C15H14N2O2S. The van der Waals surface area contributed by atoms with E-state index in [4.69, 9.17) is 5.11 Å². The van der Waals surface area contributed by atoms with Gasteiger partial charge in [-0.1, -0.05) is 11.8 Å². The standard InChI is InChI=1S/C15H14N2O2S/c1-10-8-13(20-11(10)2)15(19)17-14-9-12(4-3-7-18)5-6-16-14/h5-6,8-9,18H,7H2,1-2H3,(H,16,17,19). The lowest BCUT2D eigenvalue weighted by atomic mass is 10.2. The molecule has 20 heavy (non-hydrogen) atoms. The molecule has 1 amide bonds. The van der Waals surface area contributed by atoms with Crippen molar-refractivity contribution in [1.82, 2.24) is 4.98 Å². The molecule has 102 valence electrons. The quantitative estimate of drug-likeness (QED) is 0.833. The number of nitrogens with one attached hydrogen (secondary N) is 1. The Labute approximate surface area is 121 Å². The van der Waals surface area contributed by atoms with Gasteiger partial charge in [-0.2, -0.15) is 0 Å². The smallest absolute Gasteiger partial charge is 0.266 e. The van der Waals surface area contributed by atoms with Crippen LogP contribution in [-0.2, 0) is 0 Å². The number of aliphatic hydroxyl groups excluding tert-OH is 1. The molecule has 2 rings (SSSR count). The molecule has 4 nitrogen and oxygen atoms in total. The predicted octanol–water partition coefficient (Wildman–Crippen LogP) is 2.36. The normalized spacial score (nSPS) is 9.75. The van der Waals surface area contributed by atoms with Gasteiger partial charge in [0.05, 0.1) is 4.88 Å². The van der Waals surface area contributed by atoms with Gasteiger partial charge in [-0.25, -0.2) is 4.98 Å². The molecule has 0 radical (unpaired) electrons. The van der Waals surface area contributed by atoms with E-state index in [1.807, 2.05) is 19.9 Å². The molecule has 5 heteroatoms. The lowest BCUT2D eigenvalue weighted by molar-refractivity contribution is 0.103. The third-order valence-electron chi connectivity index (χ3n) is 2.70. The largest absolute Gasteiger partial charge is 0.384 e. The second-order valence-corrected chi connectivity index (χ2v) is 5.45. The number of aryl methyl sites for hydroxylation is 2. The molecule has 0 aliphatic rings. The van der Waals surface area contributed by atoms with Crippen molar-refractivity contribution in [2.24, 2.45) is 0 Å². The summed E-state index contributed by atoms with van der Waals surface area (Å²) in [6, 6.07) is 5.26. The monoisotopic (exact) mass is 286 g/mol. The highest BCUT2D eigenvalue weighted by Gasteiger charge is 2.11. The fourth-order valence-electron chi connectivity index (χ4n) is 1.58. The lowest BCUT2D eigenvalue weighted by Crippen LogP contribution is -2.11. The van der Waals surface area contributed by atoms with Crippen LogP contribution in [-0.4, -0.2) is 22.6 Å². The first-order chi connectivity index (χ1) is 9.60. The first-order valence-electron chi connectivity index (χ1n) is 6.04. The highest BCUT2D eigenvalue weighted by molar-refractivity contribution is 7.14. The number of carbonyl (C=O) groups excluding carboxylic acids is 1. The van der Waals surface area contributed by atoms with Gasteiger partial charge in [-0.05, 0) is 37.6 Å². The summed E-state index contributed by atoms with van der Waals surface area (Å²) in [6.45, 7) is 3.77. The van der Waals surface area contributed by atoms with Crippen LogP contribution in [0.4, 0.5) is 5.82 Å². The van der Waals surface area contributed by atoms with Crippen molar-refractivity contribution < 1.29 is 9.90 Å². The van der Waals surface area contributed by atoms with Gasteiger partial charge in [-0.3, -0.25) is 4.79 Å². The molecule has 0 saturated carbocycles. The summed E-state index contributed by atoms with van der Waals surface area (Å²) in [5.74, 6) is 5.60. The van der Waals surface area contributed by atoms with E-state index in [0.29, 0.717) is 16.3 Å². The zero-order valence-corrected chi connectivity index (χ0v) is 12.0. The van der Waals surface area contributed by atoms with Gasteiger partial charge < -0.3 is 10.4 Å². The minimum atomic E-state index is -0.197. The van der Waals surface area contributed by atoms with Crippen LogP contribution in [0.15, 0.2) is 24.4 Å². The van der Waals surface area contributed by atoms with Gasteiger partial charge in [0.1, 0.15) is 12.4 Å². The molecule has 2 aromatic heterocycles. The number of aliphatic hydroxyl groups is 1. The molecule has 0 fully saturated rings. The Balaban J connectivity index is 2.15. The number of nitrogens with zero attached hydrogens (tertiary/aromatic N) is 1. The zero-order valence-electron chi connectivity index (χ0n) is 11.2. The number of hydrogen-bond donors (Lipinski definition) is 2. The number of anilines is 1. The van der Waals surface area contributed by atoms with E-state index in [-0.39, 0.29) is 12.5 Å². The van der Waals surface area contributed by atoms with E-state index >= 15 is 0 Å². The van der Waals surface area contributed by atoms with Crippen molar-refractivity contribution in [3.63, 3.8) is 0 Å². The SMILES string of the molecule is Cc1cc(C(=O)Nc2cc(C#CCO)ccn2)sc1C. The van der Waals surface area contributed by atoms with Crippen LogP contribution >= 0.6 is 11.3 Å². The van der Waals surface area contributed by atoms with Crippen LogP contribution in [0.5, 0.6) is 0 Å². The first kappa shape index (κ1) is 14.3. The number of carbonyl (C=O) groups is 1. The first-order valence-corrected chi connectivity index (χ1v) is 6.86. The van der Waals surface area contributed by atoms with Gasteiger partial charge in [0.2, 0.25) is 0 Å². The maximum Gasteiger partial charge on any atom is 0.266 e. The molecular weight excluding hydrogens is 272 g/mol. The molecule has 0 atom stereocenters. The van der Waals surface area contributed by atoms with Gasteiger partial charge in [0.15, 0.2) is 0 Å². The second kappa shape index (κ2) is 6.33. The molecule has 0 aliphatic heterocycles. The Morgan fingerprint density at radius 1 is 1.45 bits per heavy atom. The van der Waals surface area contributed by atoms with Crippen molar-refractivity contribution >= 4 is 23.1 Å². The Morgan fingerprint density at radius 2 is 2.25 bits per heavy atom. The van der Waals surface area contributed by atoms with Crippen molar-refractivity contribution in [1.29, 1.82) is 0 Å². The van der Waals surface area contributed by atoms with E-state index < -0.39 is 0 Å². The number of thiophene rings is 1. The number of amides is 1. The summed E-state index contributed by atoms with van der Waals surface area (Å²) in [7, 11) is 0. The third kappa shape index (κ3) is 3.44. The van der Waals surface area contributed by atoms with Crippen LogP contribution in [0, 0.1) is 25.7 Å². The molecule has 0 unspecified atom stereocenters. The van der Waals surface area contributed by atoms with Crippen LogP contribution in [0.2, 0.25) is 0 Å². The maximum atomic E-state index is 12.1. The van der Waals surface area contributed by atoms with E-state index in [0.717, 1.165) is 10.4 Å². The zero-order chi connectivity index (χ0) is 14.5. The summed E-state index contributed by atoms with van der Waals surface area (Å²) in [5.41, 5.74) is 1.80. The van der Waals surface area contributed by atoms with Crippen molar-refractivity contribution in [3.8, 4) is 11.8 Å². The Bertz CT molecular complexity index is 676. The van der Waals surface area contributed by atoms with Crippen molar-refractivity contribution in [2.75, 3.05) is 11.9 Å². The van der Waals surface area contributed by atoms with Crippen LogP contribution in [0.1, 0.15) is 25.7 Å². The Hall–Kier alpha value is -2.16. The van der Waals surface area contributed by atoms with E-state index in [1.54, 1.807) is 18.3 Å². The highest BCUT2D eigenvalue weighted by Crippen LogP contribution is 2.21. The average molecular weight is 286 g/mol. The molecule has 2 N–H and O–H groups in total. The predicted molar refractivity (Wildman–Crippen MR) is 79.9 cm³/mol. The Morgan fingerprint density at radius 3 is 2.90 bits per heavy atom. The Kier molecular flexibility index (Phi) is 4.51. The highest BCUT2D eigenvalue weighted by atomic mass is 32.1. The second-order valence-electron chi connectivity index (χ2n) is 4.19. The van der Waals surface area contributed by atoms with Crippen LogP contribution in [0.3, 0.4) is 0 Å². The number of pyridine rings is 1. The molecule has 0 bridgehead atoms. The number of aromatic nitrogens is 1. The lowest BCUT2D eigenvalue weighted by Gasteiger charge is -2.02. The molecule has 0 spiro atoms. The average Bonchev–Trinajstić information content (AvgIpc) is 2.77.